The number of phenolic OH excluding ortho intramolecular Hbond substituents is 1. The molecule has 1 aromatic carbocycles. The number of aromatic amines is 1. The first-order valence-corrected chi connectivity index (χ1v) is 6.42. The number of benzene rings is 1. The molecule has 2 aromatic rings. The SMILES string of the molecule is COc1c(C)cc(O)c(-c2cc(C)[nH]c(=O)c2C#N)c1C. The lowest BCUT2D eigenvalue weighted by Gasteiger charge is -2.16. The van der Waals surface area contributed by atoms with Gasteiger partial charge in [0.25, 0.3) is 5.56 Å². The summed E-state index contributed by atoms with van der Waals surface area (Å²) in [4.78, 5) is 14.5. The van der Waals surface area contributed by atoms with Gasteiger partial charge in [-0.25, -0.2) is 0 Å². The number of rotatable bonds is 2. The molecule has 0 atom stereocenters. The average molecular weight is 284 g/mol. The van der Waals surface area contributed by atoms with Crippen LogP contribution in [0.25, 0.3) is 11.1 Å². The first-order chi connectivity index (χ1) is 9.90. The van der Waals surface area contributed by atoms with E-state index in [2.05, 4.69) is 4.98 Å². The Labute approximate surface area is 122 Å². The van der Waals surface area contributed by atoms with Crippen LogP contribution in [0.4, 0.5) is 0 Å². The fourth-order valence-corrected chi connectivity index (χ4v) is 2.60. The first-order valence-electron chi connectivity index (χ1n) is 6.42. The Morgan fingerprint density at radius 1 is 1.29 bits per heavy atom. The Hall–Kier alpha value is -2.74. The van der Waals surface area contributed by atoms with Gasteiger partial charge in [-0.2, -0.15) is 5.26 Å². The quantitative estimate of drug-likeness (QED) is 0.887. The molecule has 0 fully saturated rings. The first kappa shape index (κ1) is 14.7. The van der Waals surface area contributed by atoms with Crippen molar-refractivity contribution in [3.63, 3.8) is 0 Å². The summed E-state index contributed by atoms with van der Waals surface area (Å²) in [7, 11) is 1.55. The number of aryl methyl sites for hydroxylation is 2. The molecular weight excluding hydrogens is 268 g/mol. The number of nitrogens with one attached hydrogen (secondary N) is 1. The fourth-order valence-electron chi connectivity index (χ4n) is 2.60. The fraction of sp³-hybridized carbons (Fsp3) is 0.250. The summed E-state index contributed by atoms with van der Waals surface area (Å²) in [6, 6.07) is 5.15. The van der Waals surface area contributed by atoms with Crippen molar-refractivity contribution in [2.24, 2.45) is 0 Å². The van der Waals surface area contributed by atoms with Gasteiger partial charge in [0.05, 0.1) is 7.11 Å². The normalized spacial score (nSPS) is 10.2. The second kappa shape index (κ2) is 5.33. The molecule has 0 saturated heterocycles. The molecule has 0 unspecified atom stereocenters. The molecule has 0 bridgehead atoms. The Morgan fingerprint density at radius 2 is 1.95 bits per heavy atom. The maximum Gasteiger partial charge on any atom is 0.266 e. The highest BCUT2D eigenvalue weighted by Crippen LogP contribution is 2.40. The maximum atomic E-state index is 11.9. The molecule has 2 N–H and O–H groups in total. The van der Waals surface area contributed by atoms with Gasteiger partial charge in [0, 0.05) is 22.4 Å². The van der Waals surface area contributed by atoms with E-state index in [1.54, 1.807) is 33.1 Å². The van der Waals surface area contributed by atoms with E-state index >= 15 is 0 Å². The second-order valence-corrected chi connectivity index (χ2v) is 4.93. The number of methoxy groups -OCH3 is 1. The maximum absolute atomic E-state index is 11.9. The number of H-pyrrole nitrogens is 1. The van der Waals surface area contributed by atoms with Gasteiger partial charge in [-0.05, 0) is 38.5 Å². The predicted molar refractivity (Wildman–Crippen MR) is 79.6 cm³/mol. The number of pyridine rings is 1. The minimum atomic E-state index is -0.467. The molecule has 1 heterocycles. The Bertz CT molecular complexity index is 814. The van der Waals surface area contributed by atoms with E-state index in [-0.39, 0.29) is 11.3 Å². The van der Waals surface area contributed by atoms with E-state index in [9.17, 15) is 15.2 Å². The van der Waals surface area contributed by atoms with Crippen molar-refractivity contribution in [2.45, 2.75) is 20.8 Å². The third-order valence-electron chi connectivity index (χ3n) is 3.44. The number of nitrogens with zero attached hydrogens (tertiary/aromatic N) is 1. The molecule has 108 valence electrons. The lowest BCUT2D eigenvalue weighted by Crippen LogP contribution is -2.13. The zero-order valence-corrected chi connectivity index (χ0v) is 12.4. The lowest BCUT2D eigenvalue weighted by atomic mass is 9.93. The smallest absolute Gasteiger partial charge is 0.266 e. The number of hydrogen-bond donors (Lipinski definition) is 2. The van der Waals surface area contributed by atoms with Crippen LogP contribution in [-0.2, 0) is 0 Å². The molecule has 0 aliphatic carbocycles. The number of aromatic hydroxyl groups is 1. The number of phenols is 1. The summed E-state index contributed by atoms with van der Waals surface area (Å²) in [5.74, 6) is 0.650. The molecule has 1 aromatic heterocycles. The van der Waals surface area contributed by atoms with E-state index in [0.29, 0.717) is 28.1 Å². The predicted octanol–water partition coefficient (Wildman–Crippen LogP) is 2.55. The number of nitriles is 1. The van der Waals surface area contributed by atoms with Gasteiger partial charge in [-0.15, -0.1) is 0 Å². The lowest BCUT2D eigenvalue weighted by molar-refractivity contribution is 0.406. The van der Waals surface area contributed by atoms with Gasteiger partial charge in [-0.1, -0.05) is 0 Å². The standard InChI is InChI=1S/C16H16N2O3/c1-8-5-13(19)14(10(3)15(8)21-4)11-6-9(2)18-16(20)12(11)7-17/h5-6,19H,1-4H3,(H,18,20). The Balaban J connectivity index is 2.92. The molecule has 5 heteroatoms. The third-order valence-corrected chi connectivity index (χ3v) is 3.44. The van der Waals surface area contributed by atoms with Gasteiger partial charge in [0.2, 0.25) is 0 Å². The molecule has 5 nitrogen and oxygen atoms in total. The summed E-state index contributed by atoms with van der Waals surface area (Å²) < 4.78 is 5.35. The molecule has 0 spiro atoms. The van der Waals surface area contributed by atoms with Crippen molar-refractivity contribution in [1.29, 1.82) is 5.26 Å². The molecule has 0 saturated carbocycles. The van der Waals surface area contributed by atoms with Crippen molar-refractivity contribution in [1.82, 2.24) is 4.98 Å². The molecule has 0 aliphatic heterocycles. The highest BCUT2D eigenvalue weighted by Gasteiger charge is 2.19. The van der Waals surface area contributed by atoms with Crippen LogP contribution >= 0.6 is 0 Å². The highest BCUT2D eigenvalue weighted by molar-refractivity contribution is 5.80. The van der Waals surface area contributed by atoms with Gasteiger partial charge in [0.15, 0.2) is 0 Å². The minimum Gasteiger partial charge on any atom is -0.507 e. The molecule has 0 aliphatic rings. The van der Waals surface area contributed by atoms with Crippen LogP contribution in [0.15, 0.2) is 16.9 Å². The van der Waals surface area contributed by atoms with Crippen LogP contribution in [0.2, 0.25) is 0 Å². The van der Waals surface area contributed by atoms with E-state index in [4.69, 9.17) is 4.74 Å². The number of hydrogen-bond acceptors (Lipinski definition) is 4. The van der Waals surface area contributed by atoms with Crippen LogP contribution in [-0.4, -0.2) is 17.2 Å². The van der Waals surface area contributed by atoms with E-state index < -0.39 is 5.56 Å². The molecule has 2 rings (SSSR count). The summed E-state index contributed by atoms with van der Waals surface area (Å²) in [6.07, 6.45) is 0. The van der Waals surface area contributed by atoms with E-state index in [1.807, 2.05) is 13.0 Å². The Morgan fingerprint density at radius 3 is 2.52 bits per heavy atom. The zero-order valence-electron chi connectivity index (χ0n) is 12.4. The second-order valence-electron chi connectivity index (χ2n) is 4.93. The minimum absolute atomic E-state index is 0.0206. The van der Waals surface area contributed by atoms with Crippen molar-refractivity contribution in [3.05, 3.63) is 44.9 Å². The molecular formula is C16H16N2O3. The molecule has 0 amide bonds. The summed E-state index contributed by atoms with van der Waals surface area (Å²) >= 11 is 0. The van der Waals surface area contributed by atoms with Crippen LogP contribution < -0.4 is 10.3 Å². The van der Waals surface area contributed by atoms with Crippen molar-refractivity contribution < 1.29 is 9.84 Å². The van der Waals surface area contributed by atoms with Gasteiger partial charge in [-0.3, -0.25) is 4.79 Å². The van der Waals surface area contributed by atoms with Crippen molar-refractivity contribution >= 4 is 0 Å². The van der Waals surface area contributed by atoms with Crippen LogP contribution in [0.1, 0.15) is 22.4 Å². The molecule has 21 heavy (non-hydrogen) atoms. The topological polar surface area (TPSA) is 86.1 Å². The largest absolute Gasteiger partial charge is 0.507 e. The van der Waals surface area contributed by atoms with Gasteiger partial charge >= 0.3 is 0 Å². The molecule has 0 radical (unpaired) electrons. The zero-order chi connectivity index (χ0) is 15.7. The van der Waals surface area contributed by atoms with Gasteiger partial charge in [0.1, 0.15) is 23.1 Å². The van der Waals surface area contributed by atoms with Crippen molar-refractivity contribution in [2.75, 3.05) is 7.11 Å². The monoisotopic (exact) mass is 284 g/mol. The summed E-state index contributed by atoms with van der Waals surface area (Å²) in [6.45, 7) is 5.34. The van der Waals surface area contributed by atoms with Crippen molar-refractivity contribution in [3.8, 4) is 28.7 Å². The van der Waals surface area contributed by atoms with Crippen LogP contribution in [0.5, 0.6) is 11.5 Å². The number of aromatic nitrogens is 1. The number of ether oxygens (including phenoxy) is 1. The van der Waals surface area contributed by atoms with Crippen LogP contribution in [0.3, 0.4) is 0 Å². The van der Waals surface area contributed by atoms with Crippen LogP contribution in [0, 0.1) is 32.1 Å². The highest BCUT2D eigenvalue weighted by atomic mass is 16.5. The Kier molecular flexibility index (Phi) is 3.72. The van der Waals surface area contributed by atoms with E-state index in [0.717, 1.165) is 5.56 Å². The third kappa shape index (κ3) is 2.36. The summed E-state index contributed by atoms with van der Waals surface area (Å²) in [5.41, 5.74) is 2.46. The average Bonchev–Trinajstić information content (AvgIpc) is 2.38. The van der Waals surface area contributed by atoms with E-state index in [1.165, 1.54) is 0 Å². The summed E-state index contributed by atoms with van der Waals surface area (Å²) in [5, 5.41) is 19.5. The van der Waals surface area contributed by atoms with Gasteiger partial charge < -0.3 is 14.8 Å².